The predicted octanol–water partition coefficient (Wildman–Crippen LogP) is 3.07. The highest BCUT2D eigenvalue weighted by molar-refractivity contribution is 6.17. The molecule has 1 aliphatic heterocycles. The van der Waals surface area contributed by atoms with Gasteiger partial charge in [-0.2, -0.15) is 5.01 Å². The van der Waals surface area contributed by atoms with E-state index in [1.165, 1.54) is 17.4 Å². The number of aliphatic imine (C=N–C) groups is 1. The molecule has 0 saturated heterocycles. The SMILES string of the molecule is COc1ccc(/C=C2/N=C(c3ccccc3)N(C(=O)c3ccncc3)NC2=O)cc1. The number of carbonyl (C=O) groups excluding carboxylic acids is 2. The standard InChI is InChI=1S/C23H18N4O3/c1-30-19-9-7-16(8-10-19)15-20-22(28)26-27(23(29)18-11-13-24-14-12-18)21(25-20)17-5-3-2-4-6-17/h2-15H,1H3,(H,26,28)/b20-15+. The van der Waals surface area contributed by atoms with Crippen molar-refractivity contribution in [1.29, 1.82) is 0 Å². The fraction of sp³-hybridized carbons (Fsp3) is 0.0435. The summed E-state index contributed by atoms with van der Waals surface area (Å²) in [5, 5.41) is 1.17. The molecule has 3 aromatic rings. The van der Waals surface area contributed by atoms with Crippen LogP contribution in [-0.2, 0) is 4.79 Å². The monoisotopic (exact) mass is 398 g/mol. The van der Waals surface area contributed by atoms with Gasteiger partial charge in [0.25, 0.3) is 11.8 Å². The van der Waals surface area contributed by atoms with Crippen molar-refractivity contribution in [2.24, 2.45) is 4.99 Å². The summed E-state index contributed by atoms with van der Waals surface area (Å²) in [6.07, 6.45) is 4.70. The quantitative estimate of drug-likeness (QED) is 0.685. The Hall–Kier alpha value is -4.26. The minimum atomic E-state index is -0.479. The number of pyridine rings is 1. The normalized spacial score (nSPS) is 14.8. The maximum absolute atomic E-state index is 13.0. The molecule has 30 heavy (non-hydrogen) atoms. The van der Waals surface area contributed by atoms with E-state index in [1.807, 2.05) is 42.5 Å². The van der Waals surface area contributed by atoms with Crippen LogP contribution in [0.5, 0.6) is 5.75 Å². The Labute approximate surface area is 173 Å². The number of hydrogen-bond donors (Lipinski definition) is 1. The van der Waals surface area contributed by atoms with Crippen molar-refractivity contribution in [3.8, 4) is 5.75 Å². The van der Waals surface area contributed by atoms with E-state index in [0.29, 0.717) is 22.7 Å². The average molecular weight is 398 g/mol. The van der Waals surface area contributed by atoms with Gasteiger partial charge in [0.15, 0.2) is 5.84 Å². The lowest BCUT2D eigenvalue weighted by molar-refractivity contribution is -0.120. The van der Waals surface area contributed by atoms with Gasteiger partial charge in [0.05, 0.1) is 7.11 Å². The van der Waals surface area contributed by atoms with Crippen LogP contribution in [0.25, 0.3) is 6.08 Å². The third-order valence-corrected chi connectivity index (χ3v) is 4.47. The molecule has 7 heteroatoms. The molecule has 1 aliphatic rings. The molecule has 7 nitrogen and oxygen atoms in total. The number of hydrazine groups is 1. The first-order valence-electron chi connectivity index (χ1n) is 9.21. The van der Waals surface area contributed by atoms with E-state index in [9.17, 15) is 9.59 Å². The zero-order valence-corrected chi connectivity index (χ0v) is 16.1. The molecule has 1 N–H and O–H groups in total. The van der Waals surface area contributed by atoms with Crippen molar-refractivity contribution in [2.75, 3.05) is 7.11 Å². The number of nitrogens with zero attached hydrogens (tertiary/aromatic N) is 3. The number of amides is 2. The molecule has 2 aromatic carbocycles. The topological polar surface area (TPSA) is 83.9 Å². The van der Waals surface area contributed by atoms with E-state index >= 15 is 0 Å². The van der Waals surface area contributed by atoms with Crippen LogP contribution in [-0.4, -0.2) is 34.8 Å². The summed E-state index contributed by atoms with van der Waals surface area (Å²) in [6.45, 7) is 0. The Balaban J connectivity index is 1.76. The lowest BCUT2D eigenvalue weighted by Gasteiger charge is -2.28. The number of amidine groups is 1. The van der Waals surface area contributed by atoms with Gasteiger partial charge in [0.1, 0.15) is 11.4 Å². The molecule has 4 rings (SSSR count). The number of nitrogens with one attached hydrogen (secondary N) is 1. The zero-order valence-electron chi connectivity index (χ0n) is 16.1. The Morgan fingerprint density at radius 2 is 1.70 bits per heavy atom. The van der Waals surface area contributed by atoms with Crippen molar-refractivity contribution >= 4 is 23.7 Å². The van der Waals surface area contributed by atoms with E-state index in [0.717, 1.165) is 5.56 Å². The number of benzene rings is 2. The summed E-state index contributed by atoms with van der Waals surface area (Å²) >= 11 is 0. The first kappa shape index (κ1) is 19.1. The minimum Gasteiger partial charge on any atom is -0.497 e. The second kappa shape index (κ2) is 8.40. The van der Waals surface area contributed by atoms with Gasteiger partial charge in [-0.25, -0.2) is 4.99 Å². The summed E-state index contributed by atoms with van der Waals surface area (Å²) in [5.74, 6) is 0.161. The van der Waals surface area contributed by atoms with Crippen LogP contribution in [0, 0.1) is 0 Å². The largest absolute Gasteiger partial charge is 0.497 e. The van der Waals surface area contributed by atoms with Gasteiger partial charge in [0, 0.05) is 23.5 Å². The molecule has 2 heterocycles. The van der Waals surface area contributed by atoms with Crippen molar-refractivity contribution in [3.63, 3.8) is 0 Å². The van der Waals surface area contributed by atoms with E-state index < -0.39 is 11.8 Å². The van der Waals surface area contributed by atoms with Gasteiger partial charge >= 0.3 is 0 Å². The molecular weight excluding hydrogens is 380 g/mol. The fourth-order valence-corrected chi connectivity index (χ4v) is 2.93. The lowest BCUT2D eigenvalue weighted by Crippen LogP contribution is -2.53. The second-order valence-electron chi connectivity index (χ2n) is 6.42. The molecule has 0 unspecified atom stereocenters. The van der Waals surface area contributed by atoms with Crippen LogP contribution >= 0.6 is 0 Å². The Kier molecular flexibility index (Phi) is 5.34. The highest BCUT2D eigenvalue weighted by Gasteiger charge is 2.30. The van der Waals surface area contributed by atoms with Gasteiger partial charge in [-0.05, 0) is 35.9 Å². The van der Waals surface area contributed by atoms with E-state index in [1.54, 1.807) is 37.5 Å². The molecule has 2 amide bonds. The van der Waals surface area contributed by atoms with Gasteiger partial charge in [-0.15, -0.1) is 0 Å². The molecule has 0 bridgehead atoms. The van der Waals surface area contributed by atoms with Gasteiger partial charge in [-0.1, -0.05) is 42.5 Å². The first-order valence-corrected chi connectivity index (χ1v) is 9.21. The highest BCUT2D eigenvalue weighted by atomic mass is 16.5. The summed E-state index contributed by atoms with van der Waals surface area (Å²) in [6, 6.07) is 19.6. The van der Waals surface area contributed by atoms with Crippen LogP contribution in [0.3, 0.4) is 0 Å². The van der Waals surface area contributed by atoms with Crippen LogP contribution < -0.4 is 10.2 Å². The molecule has 1 aromatic heterocycles. The van der Waals surface area contributed by atoms with Gasteiger partial charge < -0.3 is 4.74 Å². The number of carbonyl (C=O) groups is 2. The zero-order chi connectivity index (χ0) is 20.9. The van der Waals surface area contributed by atoms with Crippen LogP contribution in [0.1, 0.15) is 21.5 Å². The third-order valence-electron chi connectivity index (χ3n) is 4.47. The maximum Gasteiger partial charge on any atom is 0.288 e. The van der Waals surface area contributed by atoms with Crippen LogP contribution in [0.4, 0.5) is 0 Å². The molecule has 148 valence electrons. The van der Waals surface area contributed by atoms with Crippen LogP contribution in [0.15, 0.2) is 89.8 Å². The molecule has 0 spiro atoms. The van der Waals surface area contributed by atoms with Crippen LogP contribution in [0.2, 0.25) is 0 Å². The summed E-state index contributed by atoms with van der Waals surface area (Å²) in [5.41, 5.74) is 4.71. The predicted molar refractivity (Wildman–Crippen MR) is 112 cm³/mol. The molecular formula is C23H18N4O3. The third kappa shape index (κ3) is 3.95. The van der Waals surface area contributed by atoms with E-state index in [-0.39, 0.29) is 5.70 Å². The molecule has 0 radical (unpaired) electrons. The maximum atomic E-state index is 13.0. The number of ether oxygens (including phenoxy) is 1. The Bertz CT molecular complexity index is 1120. The molecule has 0 atom stereocenters. The van der Waals surface area contributed by atoms with Crippen molar-refractivity contribution in [1.82, 2.24) is 15.4 Å². The smallest absolute Gasteiger partial charge is 0.288 e. The molecule has 0 aliphatic carbocycles. The first-order chi connectivity index (χ1) is 14.7. The number of rotatable bonds is 4. The van der Waals surface area contributed by atoms with E-state index in [4.69, 9.17) is 4.74 Å². The van der Waals surface area contributed by atoms with Crippen molar-refractivity contribution in [3.05, 3.63) is 102 Å². The molecule has 0 saturated carbocycles. The number of aromatic nitrogens is 1. The van der Waals surface area contributed by atoms with Crippen molar-refractivity contribution < 1.29 is 14.3 Å². The minimum absolute atomic E-state index is 0.192. The van der Waals surface area contributed by atoms with E-state index in [2.05, 4.69) is 15.4 Å². The fourth-order valence-electron chi connectivity index (χ4n) is 2.93. The highest BCUT2D eigenvalue weighted by Crippen LogP contribution is 2.19. The lowest BCUT2D eigenvalue weighted by atomic mass is 10.1. The molecule has 0 fully saturated rings. The Morgan fingerprint density at radius 3 is 2.37 bits per heavy atom. The van der Waals surface area contributed by atoms with Gasteiger partial charge in [0.2, 0.25) is 0 Å². The number of hydrogen-bond acceptors (Lipinski definition) is 5. The summed E-state index contributed by atoms with van der Waals surface area (Å²) in [4.78, 5) is 34.2. The van der Waals surface area contributed by atoms with Gasteiger partial charge in [-0.3, -0.25) is 20.0 Å². The average Bonchev–Trinajstić information content (AvgIpc) is 2.81. The second-order valence-corrected chi connectivity index (χ2v) is 6.42. The number of methoxy groups -OCH3 is 1. The summed E-state index contributed by atoms with van der Waals surface area (Å²) in [7, 11) is 1.59. The van der Waals surface area contributed by atoms with Crippen molar-refractivity contribution in [2.45, 2.75) is 0 Å². The summed E-state index contributed by atoms with van der Waals surface area (Å²) < 4.78 is 5.16. The Morgan fingerprint density at radius 1 is 1.00 bits per heavy atom.